The van der Waals surface area contributed by atoms with Crippen LogP contribution in [0.2, 0.25) is 0 Å². The molecular formula is C11H15F3N2O. The average molecular weight is 248 g/mol. The SMILES string of the molecule is CCNC(C)c1ccc(OCC(F)(F)F)cn1. The Balaban J connectivity index is 2.56. The van der Waals surface area contributed by atoms with Gasteiger partial charge in [0.1, 0.15) is 5.75 Å². The highest BCUT2D eigenvalue weighted by atomic mass is 19.4. The fourth-order valence-corrected chi connectivity index (χ4v) is 1.31. The van der Waals surface area contributed by atoms with Crippen LogP contribution in [0, 0.1) is 0 Å². The summed E-state index contributed by atoms with van der Waals surface area (Å²) in [6.07, 6.45) is -3.02. The van der Waals surface area contributed by atoms with Gasteiger partial charge in [0.15, 0.2) is 6.61 Å². The van der Waals surface area contributed by atoms with E-state index in [4.69, 9.17) is 0 Å². The van der Waals surface area contributed by atoms with Crippen molar-refractivity contribution in [3.8, 4) is 5.75 Å². The molecule has 1 heterocycles. The number of hydrogen-bond acceptors (Lipinski definition) is 3. The second kappa shape index (κ2) is 5.86. The molecule has 1 aromatic rings. The Labute approximate surface area is 98.0 Å². The first-order valence-corrected chi connectivity index (χ1v) is 5.31. The van der Waals surface area contributed by atoms with E-state index < -0.39 is 12.8 Å². The van der Waals surface area contributed by atoms with E-state index in [1.165, 1.54) is 12.3 Å². The zero-order valence-corrected chi connectivity index (χ0v) is 9.71. The lowest BCUT2D eigenvalue weighted by atomic mass is 10.2. The maximum atomic E-state index is 11.9. The minimum atomic E-state index is -4.32. The first kappa shape index (κ1) is 13.8. The van der Waals surface area contributed by atoms with Crippen molar-refractivity contribution in [3.63, 3.8) is 0 Å². The quantitative estimate of drug-likeness (QED) is 0.870. The molecule has 0 aliphatic carbocycles. The van der Waals surface area contributed by atoms with Gasteiger partial charge in [-0.05, 0) is 25.6 Å². The Kier molecular flexibility index (Phi) is 4.74. The molecule has 0 spiro atoms. The molecule has 3 nitrogen and oxygen atoms in total. The number of aromatic nitrogens is 1. The average Bonchev–Trinajstić information content (AvgIpc) is 2.26. The lowest BCUT2D eigenvalue weighted by molar-refractivity contribution is -0.153. The first-order chi connectivity index (χ1) is 7.92. The molecule has 0 aromatic carbocycles. The highest BCUT2D eigenvalue weighted by molar-refractivity contribution is 5.21. The smallest absolute Gasteiger partial charge is 0.422 e. The molecule has 96 valence electrons. The van der Waals surface area contributed by atoms with E-state index in [0.29, 0.717) is 0 Å². The fourth-order valence-electron chi connectivity index (χ4n) is 1.31. The summed E-state index contributed by atoms with van der Waals surface area (Å²) in [7, 11) is 0. The van der Waals surface area contributed by atoms with E-state index in [0.717, 1.165) is 12.2 Å². The second-order valence-corrected chi connectivity index (χ2v) is 3.60. The molecule has 0 amide bonds. The summed E-state index contributed by atoms with van der Waals surface area (Å²) in [5.74, 6) is 0.120. The molecule has 0 bridgehead atoms. The number of pyridine rings is 1. The second-order valence-electron chi connectivity index (χ2n) is 3.60. The number of hydrogen-bond donors (Lipinski definition) is 1. The number of nitrogens with zero attached hydrogens (tertiary/aromatic N) is 1. The van der Waals surface area contributed by atoms with Gasteiger partial charge >= 0.3 is 6.18 Å². The lowest BCUT2D eigenvalue weighted by Gasteiger charge is -2.13. The largest absolute Gasteiger partial charge is 0.483 e. The molecule has 0 fully saturated rings. The highest BCUT2D eigenvalue weighted by Crippen LogP contribution is 2.19. The summed E-state index contributed by atoms with van der Waals surface area (Å²) in [5, 5.41) is 3.15. The molecule has 1 aromatic heterocycles. The Morgan fingerprint density at radius 2 is 2.12 bits per heavy atom. The Morgan fingerprint density at radius 3 is 2.59 bits per heavy atom. The normalized spacial score (nSPS) is 13.5. The van der Waals surface area contributed by atoms with E-state index in [2.05, 4.69) is 15.0 Å². The molecule has 0 radical (unpaired) electrons. The van der Waals surface area contributed by atoms with Gasteiger partial charge in [-0.25, -0.2) is 0 Å². The van der Waals surface area contributed by atoms with Crippen molar-refractivity contribution in [2.75, 3.05) is 13.2 Å². The molecular weight excluding hydrogens is 233 g/mol. The molecule has 0 saturated heterocycles. The zero-order valence-electron chi connectivity index (χ0n) is 9.71. The third-order valence-electron chi connectivity index (χ3n) is 2.12. The minimum Gasteiger partial charge on any atom is -0.483 e. The van der Waals surface area contributed by atoms with Crippen molar-refractivity contribution in [2.45, 2.75) is 26.1 Å². The van der Waals surface area contributed by atoms with Gasteiger partial charge < -0.3 is 10.1 Å². The van der Waals surface area contributed by atoms with Crippen LogP contribution in [-0.4, -0.2) is 24.3 Å². The molecule has 6 heteroatoms. The van der Waals surface area contributed by atoms with Gasteiger partial charge in [-0.2, -0.15) is 13.2 Å². The number of halogens is 3. The predicted molar refractivity (Wildman–Crippen MR) is 57.9 cm³/mol. The van der Waals surface area contributed by atoms with Gasteiger partial charge in [0.05, 0.1) is 11.9 Å². The van der Waals surface area contributed by atoms with Crippen molar-refractivity contribution in [1.82, 2.24) is 10.3 Å². The van der Waals surface area contributed by atoms with E-state index in [1.54, 1.807) is 6.07 Å². The summed E-state index contributed by atoms with van der Waals surface area (Å²) >= 11 is 0. The summed E-state index contributed by atoms with van der Waals surface area (Å²) in [5.41, 5.74) is 0.770. The number of alkyl halides is 3. The third-order valence-corrected chi connectivity index (χ3v) is 2.12. The topological polar surface area (TPSA) is 34.1 Å². The van der Waals surface area contributed by atoms with Gasteiger partial charge in [0, 0.05) is 6.04 Å². The molecule has 1 unspecified atom stereocenters. The maximum Gasteiger partial charge on any atom is 0.422 e. The summed E-state index contributed by atoms with van der Waals surface area (Å²) in [4.78, 5) is 4.04. The van der Waals surface area contributed by atoms with Crippen LogP contribution in [0.25, 0.3) is 0 Å². The van der Waals surface area contributed by atoms with Crippen molar-refractivity contribution in [3.05, 3.63) is 24.0 Å². The van der Waals surface area contributed by atoms with Crippen LogP contribution in [0.15, 0.2) is 18.3 Å². The lowest BCUT2D eigenvalue weighted by Crippen LogP contribution is -2.20. The standard InChI is InChI=1S/C11H15F3N2O/c1-3-15-8(2)10-5-4-9(6-16-10)17-7-11(12,13)14/h4-6,8,15H,3,7H2,1-2H3. The number of rotatable bonds is 5. The summed E-state index contributed by atoms with van der Waals surface area (Å²) in [6.45, 7) is 3.41. The van der Waals surface area contributed by atoms with Crippen LogP contribution in [0.5, 0.6) is 5.75 Å². The van der Waals surface area contributed by atoms with Crippen molar-refractivity contribution < 1.29 is 17.9 Å². The van der Waals surface area contributed by atoms with E-state index in [9.17, 15) is 13.2 Å². The van der Waals surface area contributed by atoms with Crippen molar-refractivity contribution in [1.29, 1.82) is 0 Å². The summed E-state index contributed by atoms with van der Waals surface area (Å²) in [6, 6.07) is 3.21. The highest BCUT2D eigenvalue weighted by Gasteiger charge is 2.28. The Hall–Kier alpha value is -1.30. The van der Waals surface area contributed by atoms with Gasteiger partial charge in [0.2, 0.25) is 0 Å². The first-order valence-electron chi connectivity index (χ1n) is 5.31. The van der Waals surface area contributed by atoms with Crippen molar-refractivity contribution in [2.24, 2.45) is 0 Å². The molecule has 0 aliphatic heterocycles. The van der Waals surface area contributed by atoms with E-state index in [1.807, 2.05) is 13.8 Å². The van der Waals surface area contributed by atoms with Crippen LogP contribution < -0.4 is 10.1 Å². The van der Waals surface area contributed by atoms with E-state index >= 15 is 0 Å². The minimum absolute atomic E-state index is 0.0664. The molecule has 0 aliphatic rings. The van der Waals surface area contributed by atoms with Gasteiger partial charge in [-0.15, -0.1) is 0 Å². The van der Waals surface area contributed by atoms with E-state index in [-0.39, 0.29) is 11.8 Å². The van der Waals surface area contributed by atoms with Crippen LogP contribution in [0.3, 0.4) is 0 Å². The Morgan fingerprint density at radius 1 is 1.41 bits per heavy atom. The van der Waals surface area contributed by atoms with Crippen LogP contribution in [0.4, 0.5) is 13.2 Å². The Bertz CT molecular complexity index is 338. The molecule has 1 rings (SSSR count). The summed E-state index contributed by atoms with van der Waals surface area (Å²) < 4.78 is 40.2. The monoisotopic (exact) mass is 248 g/mol. The van der Waals surface area contributed by atoms with Gasteiger partial charge in [-0.1, -0.05) is 6.92 Å². The van der Waals surface area contributed by atoms with Crippen LogP contribution in [-0.2, 0) is 0 Å². The predicted octanol–water partition coefficient (Wildman–Crippen LogP) is 2.69. The fraction of sp³-hybridized carbons (Fsp3) is 0.545. The molecule has 17 heavy (non-hydrogen) atoms. The maximum absolute atomic E-state index is 11.9. The van der Waals surface area contributed by atoms with Crippen molar-refractivity contribution >= 4 is 0 Å². The van der Waals surface area contributed by atoms with Crippen LogP contribution >= 0.6 is 0 Å². The van der Waals surface area contributed by atoms with Gasteiger partial charge in [0.25, 0.3) is 0 Å². The van der Waals surface area contributed by atoms with Crippen LogP contribution in [0.1, 0.15) is 25.6 Å². The third kappa shape index (κ3) is 5.04. The molecule has 1 N–H and O–H groups in total. The number of nitrogens with one attached hydrogen (secondary N) is 1. The zero-order chi connectivity index (χ0) is 12.9. The molecule has 0 saturated carbocycles. The molecule has 1 atom stereocenters. The number of ether oxygens (including phenoxy) is 1. The van der Waals surface area contributed by atoms with Gasteiger partial charge in [-0.3, -0.25) is 4.98 Å².